The molecule has 1 fully saturated rings. The molecule has 6 heteroatoms. The van der Waals surface area contributed by atoms with Gasteiger partial charge in [0, 0.05) is 11.7 Å². The maximum atomic E-state index is 12.0. The summed E-state index contributed by atoms with van der Waals surface area (Å²) in [6.07, 6.45) is 3.81. The number of esters is 1. The lowest BCUT2D eigenvalue weighted by Crippen LogP contribution is -2.38. The van der Waals surface area contributed by atoms with E-state index < -0.39 is 0 Å². The molecule has 2 rings (SSSR count). The standard InChI is InChI=1S/C12H17N3O3/c1-7-9(6-13-15-7)12(17)14-10(8-3-4-8)5-11(16)18-2/h6,8,10H,3-5H2,1-2H3,(H,13,15)(H,14,17)/t10-/m0/s1. The van der Waals surface area contributed by atoms with Crippen LogP contribution in [0.4, 0.5) is 0 Å². The molecule has 1 aliphatic rings. The average Bonchev–Trinajstić information content (AvgIpc) is 3.10. The summed E-state index contributed by atoms with van der Waals surface area (Å²) in [6, 6.07) is -0.140. The van der Waals surface area contributed by atoms with Crippen molar-refractivity contribution in [2.45, 2.75) is 32.2 Å². The van der Waals surface area contributed by atoms with Gasteiger partial charge >= 0.3 is 5.97 Å². The normalized spacial score (nSPS) is 16.1. The van der Waals surface area contributed by atoms with Crippen LogP contribution in [0.5, 0.6) is 0 Å². The molecule has 1 amide bonds. The molecule has 1 saturated carbocycles. The second-order valence-corrected chi connectivity index (χ2v) is 4.61. The molecule has 1 aliphatic carbocycles. The van der Waals surface area contributed by atoms with Crippen LogP contribution in [-0.2, 0) is 9.53 Å². The van der Waals surface area contributed by atoms with E-state index in [-0.39, 0.29) is 24.3 Å². The number of carbonyl (C=O) groups is 2. The summed E-state index contributed by atoms with van der Waals surface area (Å²) in [4.78, 5) is 23.3. The minimum atomic E-state index is -0.295. The Hall–Kier alpha value is -1.85. The van der Waals surface area contributed by atoms with E-state index in [1.54, 1.807) is 6.92 Å². The number of carbonyl (C=O) groups excluding carboxylic acids is 2. The first-order valence-corrected chi connectivity index (χ1v) is 5.99. The van der Waals surface area contributed by atoms with Crippen LogP contribution in [-0.4, -0.2) is 35.2 Å². The van der Waals surface area contributed by atoms with Crippen molar-refractivity contribution in [1.82, 2.24) is 15.5 Å². The number of nitrogens with zero attached hydrogens (tertiary/aromatic N) is 1. The highest BCUT2D eigenvalue weighted by Crippen LogP contribution is 2.34. The van der Waals surface area contributed by atoms with Crippen LogP contribution in [0.1, 0.15) is 35.3 Å². The molecule has 0 unspecified atom stereocenters. The lowest BCUT2D eigenvalue weighted by molar-refractivity contribution is -0.141. The SMILES string of the molecule is COC(=O)C[C@H](NC(=O)c1cn[nH]c1C)C1CC1. The highest BCUT2D eigenvalue weighted by Gasteiger charge is 2.34. The summed E-state index contributed by atoms with van der Waals surface area (Å²) >= 11 is 0. The molecule has 98 valence electrons. The first kappa shape index (κ1) is 12.6. The van der Waals surface area contributed by atoms with Gasteiger partial charge in [0.05, 0.1) is 25.3 Å². The molecule has 18 heavy (non-hydrogen) atoms. The van der Waals surface area contributed by atoms with Crippen LogP contribution in [0, 0.1) is 12.8 Å². The van der Waals surface area contributed by atoms with Crippen LogP contribution in [0.3, 0.4) is 0 Å². The topological polar surface area (TPSA) is 84.1 Å². The Morgan fingerprint density at radius 1 is 1.61 bits per heavy atom. The van der Waals surface area contributed by atoms with Gasteiger partial charge in [0.25, 0.3) is 5.91 Å². The number of hydrogen-bond donors (Lipinski definition) is 2. The van der Waals surface area contributed by atoms with E-state index >= 15 is 0 Å². The molecule has 1 heterocycles. The molecule has 0 aromatic carbocycles. The summed E-state index contributed by atoms with van der Waals surface area (Å²) in [5, 5.41) is 9.41. The highest BCUT2D eigenvalue weighted by atomic mass is 16.5. The van der Waals surface area contributed by atoms with Crippen molar-refractivity contribution in [2.75, 3.05) is 7.11 Å². The fourth-order valence-corrected chi connectivity index (χ4v) is 1.92. The van der Waals surface area contributed by atoms with Crippen molar-refractivity contribution >= 4 is 11.9 Å². The lowest BCUT2D eigenvalue weighted by Gasteiger charge is -2.16. The van der Waals surface area contributed by atoms with E-state index in [2.05, 4.69) is 20.3 Å². The summed E-state index contributed by atoms with van der Waals surface area (Å²) < 4.78 is 4.65. The zero-order chi connectivity index (χ0) is 13.1. The number of methoxy groups -OCH3 is 1. The number of rotatable bonds is 5. The summed E-state index contributed by atoms with van der Waals surface area (Å²) in [5.41, 5.74) is 1.24. The van der Waals surface area contributed by atoms with Crippen molar-refractivity contribution in [1.29, 1.82) is 0 Å². The largest absolute Gasteiger partial charge is 0.469 e. The Balaban J connectivity index is 1.98. The van der Waals surface area contributed by atoms with Gasteiger partial charge < -0.3 is 10.1 Å². The van der Waals surface area contributed by atoms with E-state index in [0.717, 1.165) is 18.5 Å². The second kappa shape index (κ2) is 5.20. The number of amides is 1. The van der Waals surface area contributed by atoms with Crippen molar-refractivity contribution in [2.24, 2.45) is 5.92 Å². The Morgan fingerprint density at radius 2 is 2.33 bits per heavy atom. The maximum absolute atomic E-state index is 12.0. The van der Waals surface area contributed by atoms with Crippen molar-refractivity contribution in [3.05, 3.63) is 17.5 Å². The van der Waals surface area contributed by atoms with Gasteiger partial charge in [-0.2, -0.15) is 5.10 Å². The Labute approximate surface area is 105 Å². The lowest BCUT2D eigenvalue weighted by atomic mass is 10.1. The molecular formula is C12H17N3O3. The van der Waals surface area contributed by atoms with Crippen LogP contribution >= 0.6 is 0 Å². The monoisotopic (exact) mass is 251 g/mol. The maximum Gasteiger partial charge on any atom is 0.307 e. The summed E-state index contributed by atoms with van der Waals surface area (Å²) in [5.74, 6) is -0.0987. The zero-order valence-corrected chi connectivity index (χ0v) is 10.5. The number of aromatic amines is 1. The average molecular weight is 251 g/mol. The number of aromatic nitrogens is 2. The van der Waals surface area contributed by atoms with Gasteiger partial charge in [-0.25, -0.2) is 0 Å². The molecule has 1 aromatic heterocycles. The molecule has 2 N–H and O–H groups in total. The molecule has 0 aliphatic heterocycles. The van der Waals surface area contributed by atoms with Crippen molar-refractivity contribution in [3.8, 4) is 0 Å². The molecule has 1 aromatic rings. The van der Waals surface area contributed by atoms with E-state index in [0.29, 0.717) is 11.5 Å². The van der Waals surface area contributed by atoms with Gasteiger partial charge in [0.15, 0.2) is 0 Å². The molecule has 0 bridgehead atoms. The van der Waals surface area contributed by atoms with Gasteiger partial charge in [-0.15, -0.1) is 0 Å². The van der Waals surface area contributed by atoms with Gasteiger partial charge in [-0.3, -0.25) is 14.7 Å². The highest BCUT2D eigenvalue weighted by molar-refractivity contribution is 5.95. The van der Waals surface area contributed by atoms with Crippen LogP contribution in [0.2, 0.25) is 0 Å². The quantitative estimate of drug-likeness (QED) is 0.758. The van der Waals surface area contributed by atoms with E-state index in [9.17, 15) is 9.59 Å². The summed E-state index contributed by atoms with van der Waals surface area (Å²) in [7, 11) is 1.36. The molecule has 6 nitrogen and oxygen atoms in total. The van der Waals surface area contributed by atoms with Crippen LogP contribution in [0.25, 0.3) is 0 Å². The Kier molecular flexibility index (Phi) is 3.64. The minimum Gasteiger partial charge on any atom is -0.469 e. The Morgan fingerprint density at radius 3 is 2.83 bits per heavy atom. The molecular weight excluding hydrogens is 234 g/mol. The number of aryl methyl sites for hydroxylation is 1. The second-order valence-electron chi connectivity index (χ2n) is 4.61. The fourth-order valence-electron chi connectivity index (χ4n) is 1.92. The molecule has 1 atom stereocenters. The Bertz CT molecular complexity index is 451. The van der Waals surface area contributed by atoms with E-state index in [4.69, 9.17) is 0 Å². The first-order chi connectivity index (χ1) is 8.61. The molecule has 0 saturated heterocycles. The third kappa shape index (κ3) is 2.88. The van der Waals surface area contributed by atoms with E-state index in [1.165, 1.54) is 13.3 Å². The van der Waals surface area contributed by atoms with Gasteiger partial charge in [0.1, 0.15) is 0 Å². The van der Waals surface area contributed by atoms with Gasteiger partial charge in [-0.05, 0) is 25.7 Å². The number of ether oxygens (including phenoxy) is 1. The fraction of sp³-hybridized carbons (Fsp3) is 0.583. The van der Waals surface area contributed by atoms with Crippen LogP contribution < -0.4 is 5.32 Å². The minimum absolute atomic E-state index is 0.140. The predicted molar refractivity (Wildman–Crippen MR) is 63.9 cm³/mol. The number of H-pyrrole nitrogens is 1. The predicted octanol–water partition coefficient (Wildman–Crippen LogP) is 0.790. The van der Waals surface area contributed by atoms with Crippen molar-refractivity contribution < 1.29 is 14.3 Å². The zero-order valence-electron chi connectivity index (χ0n) is 10.5. The van der Waals surface area contributed by atoms with Gasteiger partial charge in [-0.1, -0.05) is 0 Å². The number of hydrogen-bond acceptors (Lipinski definition) is 4. The summed E-state index contributed by atoms with van der Waals surface area (Å²) in [6.45, 7) is 1.79. The smallest absolute Gasteiger partial charge is 0.307 e. The molecule has 0 spiro atoms. The van der Waals surface area contributed by atoms with E-state index in [1.807, 2.05) is 0 Å². The van der Waals surface area contributed by atoms with Crippen LogP contribution in [0.15, 0.2) is 6.20 Å². The van der Waals surface area contributed by atoms with Crippen molar-refractivity contribution in [3.63, 3.8) is 0 Å². The van der Waals surface area contributed by atoms with Gasteiger partial charge in [0.2, 0.25) is 0 Å². The first-order valence-electron chi connectivity index (χ1n) is 5.99. The molecule has 0 radical (unpaired) electrons. The number of nitrogens with one attached hydrogen (secondary N) is 2. The third-order valence-corrected chi connectivity index (χ3v) is 3.20. The third-order valence-electron chi connectivity index (χ3n) is 3.20.